The summed E-state index contributed by atoms with van der Waals surface area (Å²) in [6.45, 7) is 0. The van der Waals surface area contributed by atoms with Crippen molar-refractivity contribution in [1.82, 2.24) is 0 Å². The number of nitro benzene ring substituents is 1. The van der Waals surface area contributed by atoms with Crippen molar-refractivity contribution >= 4 is 25.5 Å². The van der Waals surface area contributed by atoms with Gasteiger partial charge in [0.25, 0.3) is 5.69 Å². The molecule has 0 heterocycles. The zero-order valence-corrected chi connectivity index (χ0v) is 10.2. The van der Waals surface area contributed by atoms with Gasteiger partial charge in [-0.25, -0.2) is 22.0 Å². The van der Waals surface area contributed by atoms with Crippen molar-refractivity contribution in [2.75, 3.05) is 6.26 Å². The topological polar surface area (TPSA) is 137 Å². The second kappa shape index (κ2) is 4.05. The summed E-state index contributed by atoms with van der Waals surface area (Å²) in [6.07, 6.45) is 0.671. The molecule has 94 valence electrons. The average Bonchev–Trinajstić information content (AvgIpc) is 2.13. The van der Waals surface area contributed by atoms with Gasteiger partial charge in [0, 0.05) is 12.3 Å². The normalized spacial score (nSPS) is 12.4. The molecule has 0 saturated heterocycles. The summed E-state index contributed by atoms with van der Waals surface area (Å²) >= 11 is 0. The number of hydrogen-bond acceptors (Lipinski definition) is 6. The number of nitro groups is 1. The first-order valence-corrected chi connectivity index (χ1v) is 7.49. The van der Waals surface area contributed by atoms with E-state index in [9.17, 15) is 26.9 Å². The van der Waals surface area contributed by atoms with Crippen LogP contribution in [0.2, 0.25) is 0 Å². The Kier molecular flexibility index (Phi) is 3.23. The minimum absolute atomic E-state index is 0.671. The van der Waals surface area contributed by atoms with Crippen LogP contribution in [0.25, 0.3) is 0 Å². The summed E-state index contributed by atoms with van der Waals surface area (Å²) in [4.78, 5) is 7.99. The van der Waals surface area contributed by atoms with E-state index in [0.29, 0.717) is 6.26 Å². The summed E-state index contributed by atoms with van der Waals surface area (Å²) in [7, 11) is -8.45. The second-order valence-electron chi connectivity index (χ2n) is 3.18. The molecule has 0 aliphatic heterocycles. The lowest BCUT2D eigenvalue weighted by Crippen LogP contribution is -2.17. The molecular weight excluding hydrogens is 272 g/mol. The van der Waals surface area contributed by atoms with Gasteiger partial charge in [0.2, 0.25) is 10.0 Å². The smallest absolute Gasteiger partial charge is 0.258 e. The number of benzene rings is 1. The standard InChI is InChI=1S/C7H8N2O6S2/c1-16(12,13)7-5(9(10)11)3-2-4-6(7)17(8,14)15/h2-4H,1H3,(H2,8,14,15). The Hall–Kier alpha value is -1.52. The monoisotopic (exact) mass is 280 g/mol. The van der Waals surface area contributed by atoms with Crippen molar-refractivity contribution in [3.05, 3.63) is 28.3 Å². The van der Waals surface area contributed by atoms with Crippen LogP contribution in [0.4, 0.5) is 5.69 Å². The van der Waals surface area contributed by atoms with Crippen LogP contribution in [0.5, 0.6) is 0 Å². The Morgan fingerprint density at radius 3 is 2.12 bits per heavy atom. The van der Waals surface area contributed by atoms with Crippen molar-refractivity contribution in [3.8, 4) is 0 Å². The van der Waals surface area contributed by atoms with Gasteiger partial charge in [-0.1, -0.05) is 6.07 Å². The maximum atomic E-state index is 11.4. The molecule has 0 atom stereocenters. The van der Waals surface area contributed by atoms with Gasteiger partial charge in [-0.15, -0.1) is 0 Å². The van der Waals surface area contributed by atoms with E-state index in [1.54, 1.807) is 0 Å². The summed E-state index contributed by atoms with van der Waals surface area (Å²) in [5, 5.41) is 15.5. The van der Waals surface area contributed by atoms with E-state index >= 15 is 0 Å². The van der Waals surface area contributed by atoms with Crippen molar-refractivity contribution in [2.45, 2.75) is 9.79 Å². The van der Waals surface area contributed by atoms with Gasteiger partial charge in [0.1, 0.15) is 4.90 Å². The molecule has 1 aromatic carbocycles. The molecular formula is C7H8N2O6S2. The molecule has 0 fully saturated rings. The Morgan fingerprint density at radius 1 is 1.24 bits per heavy atom. The molecule has 0 aliphatic rings. The SMILES string of the molecule is CS(=O)(=O)c1c([N+](=O)[O-])cccc1S(N)(=O)=O. The van der Waals surface area contributed by atoms with Gasteiger partial charge in [0.15, 0.2) is 14.7 Å². The van der Waals surface area contributed by atoms with Gasteiger partial charge in [0.05, 0.1) is 4.92 Å². The van der Waals surface area contributed by atoms with E-state index in [1.807, 2.05) is 0 Å². The van der Waals surface area contributed by atoms with Crippen LogP contribution in [-0.2, 0) is 19.9 Å². The number of nitrogens with two attached hydrogens (primary N) is 1. The zero-order valence-electron chi connectivity index (χ0n) is 8.52. The first-order valence-electron chi connectivity index (χ1n) is 4.05. The molecule has 2 N–H and O–H groups in total. The highest BCUT2D eigenvalue weighted by Crippen LogP contribution is 2.29. The van der Waals surface area contributed by atoms with Crippen LogP contribution in [-0.4, -0.2) is 28.0 Å². The predicted molar refractivity (Wildman–Crippen MR) is 57.6 cm³/mol. The molecule has 0 radical (unpaired) electrons. The summed E-state index contributed by atoms with van der Waals surface area (Å²) in [5.41, 5.74) is -0.820. The Morgan fingerprint density at radius 2 is 1.76 bits per heavy atom. The average molecular weight is 280 g/mol. The molecule has 10 heteroatoms. The predicted octanol–water partition coefficient (Wildman–Crippen LogP) is -0.354. The number of nitrogens with zero attached hydrogens (tertiary/aromatic N) is 1. The lowest BCUT2D eigenvalue weighted by molar-refractivity contribution is -0.388. The maximum absolute atomic E-state index is 11.4. The van der Waals surface area contributed by atoms with Crippen molar-refractivity contribution in [1.29, 1.82) is 0 Å². The van der Waals surface area contributed by atoms with Crippen LogP contribution in [0.15, 0.2) is 28.0 Å². The van der Waals surface area contributed by atoms with E-state index in [-0.39, 0.29) is 0 Å². The van der Waals surface area contributed by atoms with E-state index in [4.69, 9.17) is 5.14 Å². The Balaban J connectivity index is 3.90. The second-order valence-corrected chi connectivity index (χ2v) is 6.66. The number of sulfonamides is 1. The van der Waals surface area contributed by atoms with E-state index in [0.717, 1.165) is 18.2 Å². The molecule has 0 aliphatic carbocycles. The highest BCUT2D eigenvalue weighted by Gasteiger charge is 2.30. The fraction of sp³-hybridized carbons (Fsp3) is 0.143. The summed E-state index contributed by atoms with van der Waals surface area (Å²) in [6, 6.07) is 2.84. The third kappa shape index (κ3) is 2.78. The highest BCUT2D eigenvalue weighted by atomic mass is 32.2. The zero-order chi connectivity index (χ0) is 13.4. The van der Waals surface area contributed by atoms with E-state index < -0.39 is 40.3 Å². The van der Waals surface area contributed by atoms with Gasteiger partial charge in [-0.05, 0) is 6.07 Å². The third-order valence-corrected chi connectivity index (χ3v) is 4.09. The fourth-order valence-corrected chi connectivity index (χ4v) is 3.63. The molecule has 0 bridgehead atoms. The molecule has 0 aromatic heterocycles. The highest BCUT2D eigenvalue weighted by molar-refractivity contribution is 7.93. The fourth-order valence-electron chi connectivity index (χ4n) is 1.24. The molecule has 1 aromatic rings. The molecule has 0 unspecified atom stereocenters. The van der Waals surface area contributed by atoms with E-state index in [2.05, 4.69) is 0 Å². The number of primary sulfonamides is 1. The maximum Gasteiger partial charge on any atom is 0.289 e. The Labute approximate surface area is 97.2 Å². The minimum Gasteiger partial charge on any atom is -0.258 e. The third-order valence-electron chi connectivity index (χ3n) is 1.83. The van der Waals surface area contributed by atoms with Crippen molar-refractivity contribution in [2.24, 2.45) is 5.14 Å². The number of rotatable bonds is 3. The molecule has 0 spiro atoms. The first-order chi connectivity index (χ1) is 7.55. The molecule has 1 rings (SSSR count). The lowest BCUT2D eigenvalue weighted by atomic mass is 10.3. The van der Waals surface area contributed by atoms with Crippen molar-refractivity contribution < 1.29 is 21.8 Å². The van der Waals surface area contributed by atoms with Crippen molar-refractivity contribution in [3.63, 3.8) is 0 Å². The van der Waals surface area contributed by atoms with Gasteiger partial charge in [-0.3, -0.25) is 10.1 Å². The molecule has 0 saturated carbocycles. The van der Waals surface area contributed by atoms with Gasteiger partial charge >= 0.3 is 0 Å². The van der Waals surface area contributed by atoms with E-state index in [1.165, 1.54) is 0 Å². The van der Waals surface area contributed by atoms with Crippen LogP contribution >= 0.6 is 0 Å². The quantitative estimate of drug-likeness (QED) is 0.593. The molecule has 17 heavy (non-hydrogen) atoms. The molecule has 0 amide bonds. The van der Waals surface area contributed by atoms with Crippen LogP contribution in [0.1, 0.15) is 0 Å². The first kappa shape index (κ1) is 13.5. The summed E-state index contributed by atoms with van der Waals surface area (Å²) in [5.74, 6) is 0. The lowest BCUT2D eigenvalue weighted by Gasteiger charge is -2.05. The number of sulfone groups is 1. The molecule has 8 nitrogen and oxygen atoms in total. The van der Waals surface area contributed by atoms with Crippen LogP contribution in [0.3, 0.4) is 0 Å². The Bertz CT molecular complexity index is 676. The number of hydrogen-bond donors (Lipinski definition) is 1. The minimum atomic E-state index is -4.36. The largest absolute Gasteiger partial charge is 0.289 e. The van der Waals surface area contributed by atoms with Crippen LogP contribution < -0.4 is 5.14 Å². The van der Waals surface area contributed by atoms with Gasteiger partial charge < -0.3 is 0 Å². The van der Waals surface area contributed by atoms with Crippen LogP contribution in [0, 0.1) is 10.1 Å². The van der Waals surface area contributed by atoms with Gasteiger partial charge in [-0.2, -0.15) is 0 Å². The summed E-state index contributed by atoms with van der Waals surface area (Å²) < 4.78 is 45.1.